The Morgan fingerprint density at radius 1 is 1.39 bits per heavy atom. The highest BCUT2D eigenvalue weighted by molar-refractivity contribution is 6.29. The Morgan fingerprint density at radius 3 is 2.67 bits per heavy atom. The van der Waals surface area contributed by atoms with Crippen molar-refractivity contribution < 1.29 is 4.79 Å². The zero-order chi connectivity index (χ0) is 13.5. The van der Waals surface area contributed by atoms with E-state index in [9.17, 15) is 4.79 Å². The van der Waals surface area contributed by atoms with E-state index in [-0.39, 0.29) is 17.1 Å². The fourth-order valence-corrected chi connectivity index (χ4v) is 1.87. The van der Waals surface area contributed by atoms with Gasteiger partial charge in [-0.3, -0.25) is 9.78 Å². The summed E-state index contributed by atoms with van der Waals surface area (Å²) in [6.45, 7) is 6.89. The van der Waals surface area contributed by atoms with Crippen LogP contribution in [0, 0.1) is 0 Å². The average Bonchev–Trinajstić information content (AvgIpc) is 2.33. The number of carbonyl (C=O) groups is 1. The summed E-state index contributed by atoms with van der Waals surface area (Å²) in [5, 5.41) is 0.248. The molecule has 1 heterocycles. The number of amides is 1. The molecular weight excluding hydrogens is 250 g/mol. The number of hydrogen-bond acceptors (Lipinski definition) is 3. The molecule has 0 saturated heterocycles. The van der Waals surface area contributed by atoms with Crippen molar-refractivity contribution in [1.82, 2.24) is 14.9 Å². The highest BCUT2D eigenvalue weighted by Crippen LogP contribution is 2.10. The molecule has 0 atom stereocenters. The smallest absolute Gasteiger partial charge is 0.274 e. The van der Waals surface area contributed by atoms with Crippen LogP contribution in [0.2, 0.25) is 5.15 Å². The highest BCUT2D eigenvalue weighted by atomic mass is 35.5. The van der Waals surface area contributed by atoms with Gasteiger partial charge in [0.15, 0.2) is 0 Å². The lowest BCUT2D eigenvalue weighted by molar-refractivity contribution is 0.0695. The summed E-state index contributed by atoms with van der Waals surface area (Å²) in [6, 6.07) is 0.148. The molecular formula is C13H20ClN3O. The van der Waals surface area contributed by atoms with E-state index in [1.807, 2.05) is 18.7 Å². The minimum absolute atomic E-state index is 0.101. The molecule has 0 radical (unpaired) electrons. The summed E-state index contributed by atoms with van der Waals surface area (Å²) in [7, 11) is 0. The first-order valence-electron chi connectivity index (χ1n) is 6.34. The second-order valence-electron chi connectivity index (χ2n) is 4.53. The van der Waals surface area contributed by atoms with E-state index < -0.39 is 0 Å². The SMILES string of the molecule is CCCCCN(C(=O)c1cncc(Cl)n1)C(C)C. The van der Waals surface area contributed by atoms with Crippen LogP contribution in [0.5, 0.6) is 0 Å². The van der Waals surface area contributed by atoms with Gasteiger partial charge >= 0.3 is 0 Å². The van der Waals surface area contributed by atoms with E-state index in [1.54, 1.807) is 0 Å². The first kappa shape index (κ1) is 14.9. The van der Waals surface area contributed by atoms with Gasteiger partial charge < -0.3 is 4.90 Å². The third kappa shape index (κ3) is 4.26. The van der Waals surface area contributed by atoms with E-state index in [0.717, 1.165) is 25.8 Å². The van der Waals surface area contributed by atoms with Gasteiger partial charge in [0.25, 0.3) is 5.91 Å². The van der Waals surface area contributed by atoms with E-state index in [1.165, 1.54) is 12.4 Å². The summed E-state index contributed by atoms with van der Waals surface area (Å²) in [5.41, 5.74) is 0.313. The van der Waals surface area contributed by atoms with Crippen molar-refractivity contribution in [2.75, 3.05) is 6.54 Å². The number of rotatable bonds is 6. The second kappa shape index (κ2) is 7.31. The molecule has 100 valence electrons. The maximum Gasteiger partial charge on any atom is 0.274 e. The zero-order valence-electron chi connectivity index (χ0n) is 11.2. The topological polar surface area (TPSA) is 46.1 Å². The molecule has 1 amide bonds. The molecule has 0 aliphatic rings. The molecule has 0 saturated carbocycles. The Hall–Kier alpha value is -1.16. The molecule has 0 unspecified atom stereocenters. The van der Waals surface area contributed by atoms with Crippen LogP contribution >= 0.6 is 11.6 Å². The number of unbranched alkanes of at least 4 members (excludes halogenated alkanes) is 2. The fraction of sp³-hybridized carbons (Fsp3) is 0.615. The summed E-state index contributed by atoms with van der Waals surface area (Å²) in [5.74, 6) is -0.101. The Bertz CT molecular complexity index is 396. The number of halogens is 1. The summed E-state index contributed by atoms with van der Waals surface area (Å²) < 4.78 is 0. The molecule has 0 aromatic carbocycles. The molecule has 18 heavy (non-hydrogen) atoms. The molecule has 1 aromatic rings. The quantitative estimate of drug-likeness (QED) is 0.745. The molecule has 0 N–H and O–H groups in total. The van der Waals surface area contributed by atoms with Crippen LogP contribution in [-0.2, 0) is 0 Å². The number of nitrogens with zero attached hydrogens (tertiary/aromatic N) is 3. The average molecular weight is 270 g/mol. The third-order valence-corrected chi connectivity index (χ3v) is 2.89. The van der Waals surface area contributed by atoms with Gasteiger partial charge in [-0.2, -0.15) is 0 Å². The van der Waals surface area contributed by atoms with Gasteiger partial charge in [-0.05, 0) is 20.3 Å². The molecule has 4 nitrogen and oxygen atoms in total. The maximum absolute atomic E-state index is 12.3. The minimum atomic E-state index is -0.101. The van der Waals surface area contributed by atoms with Gasteiger partial charge in [-0.1, -0.05) is 31.4 Å². The standard InChI is InChI=1S/C13H20ClN3O/c1-4-5-6-7-17(10(2)3)13(18)11-8-15-9-12(14)16-11/h8-10H,4-7H2,1-3H3. The first-order valence-corrected chi connectivity index (χ1v) is 6.72. The highest BCUT2D eigenvalue weighted by Gasteiger charge is 2.19. The first-order chi connectivity index (χ1) is 8.56. The predicted octanol–water partition coefficient (Wildman–Crippen LogP) is 3.17. The molecule has 0 spiro atoms. The molecule has 1 rings (SSSR count). The van der Waals surface area contributed by atoms with Crippen molar-refractivity contribution in [3.63, 3.8) is 0 Å². The number of hydrogen-bond donors (Lipinski definition) is 0. The lowest BCUT2D eigenvalue weighted by Crippen LogP contribution is -2.38. The third-order valence-electron chi connectivity index (χ3n) is 2.71. The molecule has 0 aliphatic heterocycles. The Kier molecular flexibility index (Phi) is 6.05. The molecule has 0 aliphatic carbocycles. The van der Waals surface area contributed by atoms with Crippen LogP contribution in [0.15, 0.2) is 12.4 Å². The van der Waals surface area contributed by atoms with Crippen LogP contribution in [0.25, 0.3) is 0 Å². The van der Waals surface area contributed by atoms with Crippen molar-refractivity contribution in [3.05, 3.63) is 23.2 Å². The van der Waals surface area contributed by atoms with E-state index in [2.05, 4.69) is 16.9 Å². The van der Waals surface area contributed by atoms with Crippen LogP contribution < -0.4 is 0 Å². The largest absolute Gasteiger partial charge is 0.335 e. The van der Waals surface area contributed by atoms with E-state index in [0.29, 0.717) is 5.69 Å². The molecule has 0 fully saturated rings. The van der Waals surface area contributed by atoms with Gasteiger partial charge in [0.2, 0.25) is 0 Å². The predicted molar refractivity (Wildman–Crippen MR) is 72.7 cm³/mol. The van der Waals surface area contributed by atoms with Crippen molar-refractivity contribution in [2.24, 2.45) is 0 Å². The second-order valence-corrected chi connectivity index (χ2v) is 4.91. The van der Waals surface area contributed by atoms with Crippen LogP contribution in [0.1, 0.15) is 50.5 Å². The zero-order valence-corrected chi connectivity index (χ0v) is 11.9. The fourth-order valence-electron chi connectivity index (χ4n) is 1.72. The van der Waals surface area contributed by atoms with Crippen molar-refractivity contribution in [2.45, 2.75) is 46.1 Å². The van der Waals surface area contributed by atoms with E-state index in [4.69, 9.17) is 11.6 Å². The Labute approximate surface area is 113 Å². The van der Waals surface area contributed by atoms with E-state index >= 15 is 0 Å². The minimum Gasteiger partial charge on any atom is -0.335 e. The van der Waals surface area contributed by atoms with Gasteiger partial charge in [0, 0.05) is 12.6 Å². The van der Waals surface area contributed by atoms with Gasteiger partial charge in [-0.25, -0.2) is 4.98 Å². The van der Waals surface area contributed by atoms with Crippen molar-refractivity contribution >= 4 is 17.5 Å². The molecule has 1 aromatic heterocycles. The lowest BCUT2D eigenvalue weighted by atomic mass is 10.2. The van der Waals surface area contributed by atoms with Crippen molar-refractivity contribution in [1.29, 1.82) is 0 Å². The van der Waals surface area contributed by atoms with Crippen molar-refractivity contribution in [3.8, 4) is 0 Å². The molecule has 5 heteroatoms. The van der Waals surface area contributed by atoms with Gasteiger partial charge in [0.05, 0.1) is 12.4 Å². The van der Waals surface area contributed by atoms with Crippen LogP contribution in [-0.4, -0.2) is 33.4 Å². The van der Waals surface area contributed by atoms with Crippen LogP contribution in [0.4, 0.5) is 0 Å². The Balaban J connectivity index is 2.76. The normalized spacial score (nSPS) is 10.7. The lowest BCUT2D eigenvalue weighted by Gasteiger charge is -2.26. The monoisotopic (exact) mass is 269 g/mol. The molecule has 0 bridgehead atoms. The Morgan fingerprint density at radius 2 is 2.11 bits per heavy atom. The number of aromatic nitrogens is 2. The summed E-state index contributed by atoms with van der Waals surface area (Å²) in [4.78, 5) is 22.0. The van der Waals surface area contributed by atoms with Gasteiger partial charge in [-0.15, -0.1) is 0 Å². The van der Waals surface area contributed by atoms with Crippen LogP contribution in [0.3, 0.4) is 0 Å². The maximum atomic E-state index is 12.3. The summed E-state index contributed by atoms with van der Waals surface area (Å²) >= 11 is 5.76. The summed E-state index contributed by atoms with van der Waals surface area (Å²) in [6.07, 6.45) is 6.15. The van der Waals surface area contributed by atoms with Gasteiger partial charge in [0.1, 0.15) is 10.8 Å². The number of carbonyl (C=O) groups excluding carboxylic acids is 1.